The van der Waals surface area contributed by atoms with E-state index in [1.54, 1.807) is 13.2 Å². The fourth-order valence-electron chi connectivity index (χ4n) is 2.86. The fraction of sp³-hybridized carbons (Fsp3) is 0.688. The average molecular weight is 294 g/mol. The van der Waals surface area contributed by atoms with Gasteiger partial charge in [-0.05, 0) is 39.2 Å². The molecular weight excluding hydrogens is 268 g/mol. The van der Waals surface area contributed by atoms with Crippen molar-refractivity contribution in [1.82, 2.24) is 10.2 Å². The molecule has 0 spiro atoms. The number of carbonyl (C=O) groups is 1. The predicted molar refractivity (Wildman–Crippen MR) is 81.6 cm³/mol. The molecule has 0 bridgehead atoms. The highest BCUT2D eigenvalue weighted by molar-refractivity contribution is 5.88. The zero-order chi connectivity index (χ0) is 15.2. The zero-order valence-electron chi connectivity index (χ0n) is 13.2. The summed E-state index contributed by atoms with van der Waals surface area (Å²) in [5, 5.41) is 2.79. The van der Waals surface area contributed by atoms with Crippen molar-refractivity contribution in [3.05, 3.63) is 23.6 Å². The number of carbonyl (C=O) groups excluding carboxylic acids is 1. The monoisotopic (exact) mass is 294 g/mol. The minimum Gasteiger partial charge on any atom is -0.500 e. The molecule has 2 unspecified atom stereocenters. The third-order valence-electron chi connectivity index (χ3n) is 4.38. The molecule has 118 valence electrons. The standard InChI is InChI=1S/C16H26N2O3/c1-12(13(2)20-3)17-16(19)5-4-8-18-9-6-14-7-10-21-15(14)11-18/h4-5,14-15H,6-11H2,1-3H3,(H,17,19). The lowest BCUT2D eigenvalue weighted by Crippen LogP contribution is -2.42. The van der Waals surface area contributed by atoms with Crippen molar-refractivity contribution in [2.45, 2.75) is 32.8 Å². The number of rotatable bonds is 5. The molecule has 0 aromatic heterocycles. The van der Waals surface area contributed by atoms with Crippen molar-refractivity contribution >= 4 is 5.91 Å². The largest absolute Gasteiger partial charge is 0.500 e. The maximum absolute atomic E-state index is 11.8. The van der Waals surface area contributed by atoms with Gasteiger partial charge in [0.25, 0.3) is 0 Å². The predicted octanol–water partition coefficient (Wildman–Crippen LogP) is 1.67. The van der Waals surface area contributed by atoms with Crippen molar-refractivity contribution < 1.29 is 14.3 Å². The summed E-state index contributed by atoms with van der Waals surface area (Å²) in [5.41, 5.74) is 0.743. The summed E-state index contributed by atoms with van der Waals surface area (Å²) in [6, 6.07) is 0. The van der Waals surface area contributed by atoms with E-state index in [0.29, 0.717) is 6.10 Å². The zero-order valence-corrected chi connectivity index (χ0v) is 13.2. The van der Waals surface area contributed by atoms with Crippen molar-refractivity contribution in [1.29, 1.82) is 0 Å². The van der Waals surface area contributed by atoms with Crippen LogP contribution in [0.3, 0.4) is 0 Å². The molecule has 0 aromatic carbocycles. The first kappa shape index (κ1) is 16.0. The molecule has 0 aliphatic carbocycles. The first-order valence-corrected chi connectivity index (χ1v) is 7.63. The number of fused-ring (bicyclic) bond motifs is 1. The van der Waals surface area contributed by atoms with Crippen LogP contribution in [0.1, 0.15) is 26.7 Å². The van der Waals surface area contributed by atoms with Gasteiger partial charge in [0.05, 0.1) is 18.9 Å². The molecular formula is C16H26N2O3. The minimum atomic E-state index is -0.115. The summed E-state index contributed by atoms with van der Waals surface area (Å²) < 4.78 is 10.8. The molecule has 2 fully saturated rings. The summed E-state index contributed by atoms with van der Waals surface area (Å²) in [6.07, 6.45) is 6.32. The first-order valence-electron chi connectivity index (χ1n) is 7.63. The van der Waals surface area contributed by atoms with E-state index in [-0.39, 0.29) is 5.91 Å². The van der Waals surface area contributed by atoms with Crippen LogP contribution in [-0.4, -0.2) is 50.3 Å². The number of hydrogen-bond donors (Lipinski definition) is 1. The summed E-state index contributed by atoms with van der Waals surface area (Å²) in [4.78, 5) is 14.1. The Morgan fingerprint density at radius 2 is 2.24 bits per heavy atom. The first-order chi connectivity index (χ1) is 10.1. The van der Waals surface area contributed by atoms with Gasteiger partial charge in [0.1, 0.15) is 5.76 Å². The van der Waals surface area contributed by atoms with E-state index >= 15 is 0 Å². The third kappa shape index (κ3) is 4.58. The van der Waals surface area contributed by atoms with E-state index < -0.39 is 0 Å². The smallest absolute Gasteiger partial charge is 0.247 e. The van der Waals surface area contributed by atoms with Gasteiger partial charge in [-0.15, -0.1) is 0 Å². The Kier molecular flexibility index (Phi) is 5.82. The fourth-order valence-corrected chi connectivity index (χ4v) is 2.86. The van der Waals surface area contributed by atoms with Crippen LogP contribution in [-0.2, 0) is 14.3 Å². The lowest BCUT2D eigenvalue weighted by Gasteiger charge is -2.33. The quantitative estimate of drug-likeness (QED) is 0.619. The molecule has 5 nitrogen and oxygen atoms in total. The van der Waals surface area contributed by atoms with Crippen LogP contribution in [0.5, 0.6) is 0 Å². The van der Waals surface area contributed by atoms with E-state index in [0.717, 1.165) is 43.6 Å². The molecule has 2 saturated heterocycles. The van der Waals surface area contributed by atoms with Gasteiger partial charge in [0.15, 0.2) is 0 Å². The molecule has 5 heteroatoms. The lowest BCUT2D eigenvalue weighted by molar-refractivity contribution is -0.115. The molecule has 2 aliphatic heterocycles. The Hall–Kier alpha value is -1.33. The second-order valence-electron chi connectivity index (χ2n) is 5.78. The number of hydrogen-bond acceptors (Lipinski definition) is 4. The summed E-state index contributed by atoms with van der Waals surface area (Å²) in [6.45, 7) is 7.44. The molecule has 0 aromatic rings. The molecule has 2 atom stereocenters. The van der Waals surface area contributed by atoms with Gasteiger partial charge in [-0.2, -0.15) is 0 Å². The third-order valence-corrected chi connectivity index (χ3v) is 4.38. The SMILES string of the molecule is COC(C)=C(C)NC(=O)C=CCN1CCC2CCOC2C1. The van der Waals surface area contributed by atoms with Gasteiger partial charge >= 0.3 is 0 Å². The molecule has 2 aliphatic rings. The number of allylic oxidation sites excluding steroid dienone is 2. The molecule has 2 heterocycles. The summed E-state index contributed by atoms with van der Waals surface area (Å²) in [5.74, 6) is 1.35. The second-order valence-corrected chi connectivity index (χ2v) is 5.78. The van der Waals surface area contributed by atoms with Crippen molar-refractivity contribution in [2.24, 2.45) is 5.92 Å². The average Bonchev–Trinajstić information content (AvgIpc) is 2.93. The van der Waals surface area contributed by atoms with Gasteiger partial charge in [0.2, 0.25) is 5.91 Å². The number of ether oxygens (including phenoxy) is 2. The Bertz CT molecular complexity index is 431. The molecule has 2 rings (SSSR count). The minimum absolute atomic E-state index is 0.115. The van der Waals surface area contributed by atoms with Gasteiger partial charge < -0.3 is 14.8 Å². The Morgan fingerprint density at radius 3 is 3.00 bits per heavy atom. The van der Waals surface area contributed by atoms with Crippen LogP contribution >= 0.6 is 0 Å². The van der Waals surface area contributed by atoms with Crippen LogP contribution in [0.15, 0.2) is 23.6 Å². The van der Waals surface area contributed by atoms with Gasteiger partial charge in [-0.3, -0.25) is 9.69 Å². The lowest BCUT2D eigenvalue weighted by atomic mass is 9.93. The maximum Gasteiger partial charge on any atom is 0.247 e. The molecule has 0 radical (unpaired) electrons. The van der Waals surface area contributed by atoms with E-state index in [9.17, 15) is 4.79 Å². The topological polar surface area (TPSA) is 50.8 Å². The van der Waals surface area contributed by atoms with E-state index in [1.807, 2.05) is 19.9 Å². The maximum atomic E-state index is 11.8. The van der Waals surface area contributed by atoms with Gasteiger partial charge in [-0.1, -0.05) is 6.08 Å². The number of nitrogens with zero attached hydrogens (tertiary/aromatic N) is 1. The Balaban J connectivity index is 1.73. The molecule has 1 amide bonds. The van der Waals surface area contributed by atoms with Gasteiger partial charge in [-0.25, -0.2) is 0 Å². The molecule has 0 saturated carbocycles. The Labute approximate surface area is 127 Å². The number of piperidine rings is 1. The number of methoxy groups -OCH3 is 1. The molecule has 1 N–H and O–H groups in total. The Morgan fingerprint density at radius 1 is 1.43 bits per heavy atom. The van der Waals surface area contributed by atoms with Gasteiger partial charge in [0, 0.05) is 25.8 Å². The van der Waals surface area contributed by atoms with Crippen molar-refractivity contribution in [3.8, 4) is 0 Å². The van der Waals surface area contributed by atoms with E-state index in [1.165, 1.54) is 12.8 Å². The summed E-state index contributed by atoms with van der Waals surface area (Å²) >= 11 is 0. The van der Waals surface area contributed by atoms with Crippen molar-refractivity contribution in [3.63, 3.8) is 0 Å². The van der Waals surface area contributed by atoms with Crippen LogP contribution in [0.4, 0.5) is 0 Å². The highest BCUT2D eigenvalue weighted by atomic mass is 16.5. The number of nitrogens with one attached hydrogen (secondary N) is 1. The normalized spacial score (nSPS) is 27.4. The van der Waals surface area contributed by atoms with E-state index in [4.69, 9.17) is 9.47 Å². The second kappa shape index (κ2) is 7.61. The van der Waals surface area contributed by atoms with Crippen LogP contribution in [0.2, 0.25) is 0 Å². The van der Waals surface area contributed by atoms with E-state index in [2.05, 4.69) is 10.2 Å². The highest BCUT2D eigenvalue weighted by Gasteiger charge is 2.33. The number of amides is 1. The summed E-state index contributed by atoms with van der Waals surface area (Å²) in [7, 11) is 1.59. The van der Waals surface area contributed by atoms with Crippen LogP contribution in [0.25, 0.3) is 0 Å². The number of likely N-dealkylation sites (tertiary alicyclic amines) is 1. The van der Waals surface area contributed by atoms with Crippen LogP contribution < -0.4 is 5.32 Å². The molecule has 21 heavy (non-hydrogen) atoms. The highest BCUT2D eigenvalue weighted by Crippen LogP contribution is 2.28. The van der Waals surface area contributed by atoms with Crippen LogP contribution in [0, 0.1) is 5.92 Å². The van der Waals surface area contributed by atoms with Crippen molar-refractivity contribution in [2.75, 3.05) is 33.4 Å².